The van der Waals surface area contributed by atoms with E-state index in [0.717, 1.165) is 12.6 Å². The zero-order valence-electron chi connectivity index (χ0n) is 13.2. The Morgan fingerprint density at radius 2 is 1.22 bits per heavy atom. The highest BCUT2D eigenvalue weighted by molar-refractivity contribution is 6.73. The quantitative estimate of drug-likeness (QED) is 0.580. The zero-order valence-corrected chi connectivity index (χ0v) is 15.2. The number of hydrogen-bond donors (Lipinski definition) is 0. The van der Waals surface area contributed by atoms with Crippen LogP contribution in [0.4, 0.5) is 0 Å². The summed E-state index contributed by atoms with van der Waals surface area (Å²) in [5.74, 6) is 0. The summed E-state index contributed by atoms with van der Waals surface area (Å²) in [7, 11) is -1.51. The molecule has 0 rings (SSSR count). The van der Waals surface area contributed by atoms with Crippen LogP contribution in [-0.2, 0) is 13.3 Å². The van der Waals surface area contributed by atoms with Crippen molar-refractivity contribution in [3.8, 4) is 0 Å². The van der Waals surface area contributed by atoms with Gasteiger partial charge >= 0.3 is 8.80 Å². The first-order valence-corrected chi connectivity index (χ1v) is 12.3. The predicted octanol–water partition coefficient (Wildman–Crippen LogP) is 2.80. The van der Waals surface area contributed by atoms with Gasteiger partial charge in [-0.15, -0.1) is 0 Å². The lowest BCUT2D eigenvalue weighted by Crippen LogP contribution is -2.51. The van der Waals surface area contributed by atoms with E-state index in [9.17, 15) is 0 Å². The molecule has 0 aromatic rings. The SMILES string of the molecule is CCO[Si](CCN(C)[Si](C)(C)C)(OCC)OCC. The van der Waals surface area contributed by atoms with E-state index in [-0.39, 0.29) is 0 Å². The maximum Gasteiger partial charge on any atom is 0.502 e. The molecule has 0 spiro atoms. The van der Waals surface area contributed by atoms with Gasteiger partial charge < -0.3 is 17.8 Å². The van der Waals surface area contributed by atoms with Crippen LogP contribution >= 0.6 is 0 Å². The standard InChI is InChI=1S/C12H31NO3Si2/c1-8-14-18(15-9-2,16-10-3)12-11-13(4)17(5,6)7/h8-12H2,1-7H3. The lowest BCUT2D eigenvalue weighted by Gasteiger charge is -2.34. The molecule has 0 aromatic heterocycles. The second-order valence-corrected chi connectivity index (χ2v) is 13.2. The highest BCUT2D eigenvalue weighted by Crippen LogP contribution is 2.18. The maximum atomic E-state index is 5.86. The zero-order chi connectivity index (χ0) is 14.2. The monoisotopic (exact) mass is 293 g/mol. The molecule has 0 aromatic carbocycles. The molecular weight excluding hydrogens is 262 g/mol. The molecule has 0 fully saturated rings. The highest BCUT2D eigenvalue weighted by atomic mass is 28.4. The average Bonchev–Trinajstić information content (AvgIpc) is 2.25. The molecule has 0 N–H and O–H groups in total. The first-order chi connectivity index (χ1) is 8.31. The Balaban J connectivity index is 4.56. The Hall–Kier alpha value is 0.274. The molecule has 0 atom stereocenters. The molecular formula is C12H31NO3Si2. The average molecular weight is 294 g/mol. The Morgan fingerprint density at radius 3 is 1.50 bits per heavy atom. The van der Waals surface area contributed by atoms with Gasteiger partial charge in [0, 0.05) is 25.9 Å². The lowest BCUT2D eigenvalue weighted by atomic mass is 10.8. The second-order valence-electron chi connectivity index (χ2n) is 5.32. The van der Waals surface area contributed by atoms with Crippen LogP contribution < -0.4 is 0 Å². The van der Waals surface area contributed by atoms with Crippen LogP contribution in [0.25, 0.3) is 0 Å². The molecule has 18 heavy (non-hydrogen) atoms. The molecule has 0 bridgehead atoms. The van der Waals surface area contributed by atoms with Crippen molar-refractivity contribution in [2.45, 2.75) is 46.5 Å². The van der Waals surface area contributed by atoms with Crippen molar-refractivity contribution in [2.75, 3.05) is 33.4 Å². The fraction of sp³-hybridized carbons (Fsp3) is 1.00. The molecule has 0 aliphatic rings. The third-order valence-electron chi connectivity index (χ3n) is 2.99. The van der Waals surface area contributed by atoms with Crippen molar-refractivity contribution in [3.63, 3.8) is 0 Å². The normalized spacial score (nSPS) is 13.3. The Morgan fingerprint density at radius 1 is 0.833 bits per heavy atom. The van der Waals surface area contributed by atoms with E-state index in [1.165, 1.54) is 0 Å². The van der Waals surface area contributed by atoms with Crippen molar-refractivity contribution >= 4 is 17.0 Å². The number of hydrogen-bond acceptors (Lipinski definition) is 4. The Bertz CT molecular complexity index is 205. The largest absolute Gasteiger partial charge is 0.502 e. The van der Waals surface area contributed by atoms with Crippen molar-refractivity contribution in [3.05, 3.63) is 0 Å². The van der Waals surface area contributed by atoms with Crippen molar-refractivity contribution in [1.29, 1.82) is 0 Å². The van der Waals surface area contributed by atoms with E-state index in [0.29, 0.717) is 19.8 Å². The molecule has 0 aliphatic carbocycles. The van der Waals surface area contributed by atoms with Gasteiger partial charge in [0.2, 0.25) is 0 Å². The summed E-state index contributed by atoms with van der Waals surface area (Å²) in [6.07, 6.45) is 0. The van der Waals surface area contributed by atoms with Crippen LogP contribution in [0.2, 0.25) is 25.7 Å². The summed E-state index contributed by atoms with van der Waals surface area (Å²) in [6, 6.07) is 0.878. The number of nitrogens with zero attached hydrogens (tertiary/aromatic N) is 1. The minimum Gasteiger partial charge on any atom is -0.374 e. The van der Waals surface area contributed by atoms with E-state index in [2.05, 4.69) is 31.3 Å². The Labute approximate surface area is 115 Å². The highest BCUT2D eigenvalue weighted by Gasteiger charge is 2.40. The van der Waals surface area contributed by atoms with Crippen LogP contribution in [0.1, 0.15) is 20.8 Å². The summed E-state index contributed by atoms with van der Waals surface area (Å²) < 4.78 is 20.0. The summed E-state index contributed by atoms with van der Waals surface area (Å²) in [4.78, 5) is 0. The Kier molecular flexibility index (Phi) is 8.57. The molecule has 0 radical (unpaired) electrons. The molecule has 110 valence electrons. The van der Waals surface area contributed by atoms with Gasteiger partial charge in [0.1, 0.15) is 8.24 Å². The summed E-state index contributed by atoms with van der Waals surface area (Å²) in [5.41, 5.74) is 0. The molecule has 0 amide bonds. The number of rotatable bonds is 10. The van der Waals surface area contributed by atoms with E-state index < -0.39 is 17.0 Å². The topological polar surface area (TPSA) is 30.9 Å². The van der Waals surface area contributed by atoms with Crippen LogP contribution in [0.5, 0.6) is 0 Å². The molecule has 4 nitrogen and oxygen atoms in total. The lowest BCUT2D eigenvalue weighted by molar-refractivity contribution is 0.0702. The molecule has 0 saturated heterocycles. The predicted molar refractivity (Wildman–Crippen MR) is 81.4 cm³/mol. The van der Waals surface area contributed by atoms with Gasteiger partial charge in [-0.1, -0.05) is 19.6 Å². The third-order valence-corrected chi connectivity index (χ3v) is 8.53. The van der Waals surface area contributed by atoms with E-state index in [1.807, 2.05) is 20.8 Å². The van der Waals surface area contributed by atoms with Gasteiger partial charge in [-0.05, 0) is 34.4 Å². The molecule has 6 heteroatoms. The van der Waals surface area contributed by atoms with E-state index in [1.54, 1.807) is 0 Å². The van der Waals surface area contributed by atoms with E-state index >= 15 is 0 Å². The first-order valence-electron chi connectivity index (χ1n) is 6.94. The second kappa shape index (κ2) is 8.45. The van der Waals surface area contributed by atoms with Gasteiger partial charge in [0.25, 0.3) is 0 Å². The summed E-state index contributed by atoms with van der Waals surface area (Å²) >= 11 is 0. The van der Waals surface area contributed by atoms with Crippen molar-refractivity contribution < 1.29 is 13.3 Å². The van der Waals surface area contributed by atoms with Crippen molar-refractivity contribution in [1.82, 2.24) is 4.57 Å². The van der Waals surface area contributed by atoms with Crippen molar-refractivity contribution in [2.24, 2.45) is 0 Å². The minimum absolute atomic E-state index is 0.656. The fourth-order valence-corrected chi connectivity index (χ4v) is 5.26. The van der Waals surface area contributed by atoms with Crippen LogP contribution in [0.3, 0.4) is 0 Å². The smallest absolute Gasteiger partial charge is 0.374 e. The molecule has 0 heterocycles. The fourth-order valence-electron chi connectivity index (χ4n) is 1.64. The third kappa shape index (κ3) is 6.44. The summed E-state index contributed by atoms with van der Waals surface area (Å²) in [6.45, 7) is 16.0. The molecule has 0 aliphatic heterocycles. The first kappa shape index (κ1) is 18.3. The van der Waals surface area contributed by atoms with Gasteiger partial charge in [-0.25, -0.2) is 0 Å². The van der Waals surface area contributed by atoms with E-state index in [4.69, 9.17) is 13.3 Å². The van der Waals surface area contributed by atoms with Crippen LogP contribution in [-0.4, -0.2) is 55.0 Å². The summed E-state index contributed by atoms with van der Waals surface area (Å²) in [5, 5.41) is 0. The molecule has 0 unspecified atom stereocenters. The minimum atomic E-state index is -2.46. The van der Waals surface area contributed by atoms with Gasteiger partial charge in [-0.2, -0.15) is 0 Å². The van der Waals surface area contributed by atoms with Gasteiger partial charge in [-0.3, -0.25) is 0 Å². The molecule has 0 saturated carbocycles. The van der Waals surface area contributed by atoms with Crippen LogP contribution in [0.15, 0.2) is 0 Å². The van der Waals surface area contributed by atoms with Gasteiger partial charge in [0.05, 0.1) is 0 Å². The van der Waals surface area contributed by atoms with Gasteiger partial charge in [0.15, 0.2) is 0 Å². The maximum absolute atomic E-state index is 5.86. The van der Waals surface area contributed by atoms with Crippen LogP contribution in [0, 0.1) is 0 Å².